The molecule has 0 aromatic heterocycles. The van der Waals surface area contributed by atoms with Gasteiger partial charge in [0.2, 0.25) is 0 Å². The summed E-state index contributed by atoms with van der Waals surface area (Å²) in [5, 5.41) is 0. The van der Waals surface area contributed by atoms with Crippen LogP contribution in [0.25, 0.3) is 0 Å². The molecule has 2 aromatic rings. The van der Waals surface area contributed by atoms with Crippen molar-refractivity contribution in [3.8, 4) is 0 Å². The average molecular weight is 364 g/mol. The van der Waals surface area contributed by atoms with Gasteiger partial charge in [-0.15, -0.1) is 0 Å². The molecule has 18 heavy (non-hydrogen) atoms. The Kier molecular flexibility index (Phi) is 3.52. The van der Waals surface area contributed by atoms with E-state index in [4.69, 9.17) is 0 Å². The topological polar surface area (TPSA) is 0 Å². The summed E-state index contributed by atoms with van der Waals surface area (Å²) in [4.78, 5) is 0. The van der Waals surface area contributed by atoms with E-state index in [1.165, 1.54) is 27.5 Å². The van der Waals surface area contributed by atoms with E-state index >= 15 is 0 Å². The van der Waals surface area contributed by atoms with Crippen molar-refractivity contribution in [1.82, 2.24) is 0 Å². The molecule has 2 aromatic carbocycles. The predicted octanol–water partition coefficient (Wildman–Crippen LogP) is 4.06. The van der Waals surface area contributed by atoms with E-state index in [2.05, 4.69) is 80.0 Å². The van der Waals surface area contributed by atoms with Crippen LogP contribution in [0.3, 0.4) is 0 Å². The molecule has 0 saturated carbocycles. The van der Waals surface area contributed by atoms with Gasteiger partial charge in [-0.2, -0.15) is 0 Å². The molecule has 0 amide bonds. The first-order chi connectivity index (χ1) is 8.75. The van der Waals surface area contributed by atoms with E-state index in [9.17, 15) is 0 Å². The molecule has 0 N–H and O–H groups in total. The third kappa shape index (κ3) is 2.25. The van der Waals surface area contributed by atoms with Crippen LogP contribution < -0.4 is 0 Å². The quantitative estimate of drug-likeness (QED) is 0.670. The van der Waals surface area contributed by atoms with Crippen LogP contribution in [-0.2, 0) is 0 Å². The number of hydrogen-bond donors (Lipinski definition) is 0. The van der Waals surface area contributed by atoms with E-state index in [0.29, 0.717) is 5.92 Å². The number of hydrogen-bond acceptors (Lipinski definition) is 0. The Bertz CT molecular complexity index is 589. The second kappa shape index (κ2) is 5.13. The summed E-state index contributed by atoms with van der Waals surface area (Å²) in [5.41, 5.74) is 4.25. The van der Waals surface area contributed by atoms with Crippen LogP contribution >= 0.6 is 15.9 Å². The minimum absolute atomic E-state index is 0.534. The zero-order valence-electron chi connectivity index (χ0n) is 9.90. The number of rotatable bonds is 1. The Labute approximate surface area is 124 Å². The van der Waals surface area contributed by atoms with E-state index in [1.807, 2.05) is 0 Å². The molecule has 0 heterocycles. The second-order valence-corrected chi connectivity index (χ2v) is 6.61. The van der Waals surface area contributed by atoms with Gasteiger partial charge in [-0.1, -0.05) is 0 Å². The summed E-state index contributed by atoms with van der Waals surface area (Å²) >= 11 is 6.80. The molecule has 1 aliphatic rings. The first-order valence-corrected chi connectivity index (χ1v) is 7.78. The van der Waals surface area contributed by atoms with Gasteiger partial charge in [-0.05, 0) is 0 Å². The van der Waals surface area contributed by atoms with Crippen LogP contribution in [0, 0.1) is 0 Å². The average Bonchev–Trinajstić information content (AvgIpc) is 2.41. The fourth-order valence-electron chi connectivity index (χ4n) is 2.67. The van der Waals surface area contributed by atoms with E-state index < -0.39 is 0 Å². The van der Waals surface area contributed by atoms with E-state index in [1.54, 1.807) is 0 Å². The van der Waals surface area contributed by atoms with E-state index in [0.717, 1.165) is 10.9 Å². The van der Waals surface area contributed by atoms with E-state index in [-0.39, 0.29) is 0 Å². The summed E-state index contributed by atoms with van der Waals surface area (Å²) in [6.45, 7) is 0. The van der Waals surface area contributed by atoms with Crippen LogP contribution in [0.1, 0.15) is 35.4 Å². The molecule has 90 valence electrons. The summed E-state index contributed by atoms with van der Waals surface area (Å²) in [6.07, 6.45) is 2.34. The van der Waals surface area contributed by atoms with Crippen molar-refractivity contribution in [3.63, 3.8) is 0 Å². The van der Waals surface area contributed by atoms with Gasteiger partial charge in [0.05, 0.1) is 0 Å². The fourth-order valence-corrected chi connectivity index (χ4v) is 3.65. The van der Waals surface area contributed by atoms with Gasteiger partial charge in [-0.25, -0.2) is 0 Å². The second-order valence-electron chi connectivity index (χ2n) is 4.66. The zero-order chi connectivity index (χ0) is 12.5. The SMILES string of the molecule is [Se]=C1CCC(c2ccccc2)c2ccc(Br)cc21. The molecule has 0 nitrogen and oxygen atoms in total. The first kappa shape index (κ1) is 12.3. The Morgan fingerprint density at radius 3 is 2.61 bits per heavy atom. The van der Waals surface area contributed by atoms with Crippen LogP contribution in [0.2, 0.25) is 0 Å². The molecule has 2 heteroatoms. The molecule has 0 fully saturated rings. The number of halogens is 1. The number of benzene rings is 2. The summed E-state index contributed by atoms with van der Waals surface area (Å²) in [6, 6.07) is 17.5. The molecular weight excluding hydrogens is 351 g/mol. The Hall–Kier alpha value is -0.691. The van der Waals surface area contributed by atoms with Crippen molar-refractivity contribution in [3.05, 3.63) is 69.7 Å². The third-order valence-corrected chi connectivity index (χ3v) is 4.94. The molecule has 3 rings (SSSR count). The van der Waals surface area contributed by atoms with Crippen molar-refractivity contribution < 1.29 is 0 Å². The summed E-state index contributed by atoms with van der Waals surface area (Å²) in [7, 11) is 0. The zero-order valence-corrected chi connectivity index (χ0v) is 13.2. The van der Waals surface area contributed by atoms with Crippen LogP contribution in [0.5, 0.6) is 0 Å². The normalized spacial score (nSPS) is 18.5. The molecule has 0 spiro atoms. The van der Waals surface area contributed by atoms with Gasteiger partial charge in [0.25, 0.3) is 0 Å². The molecular formula is C16H13BrSe. The van der Waals surface area contributed by atoms with Crippen molar-refractivity contribution in [2.45, 2.75) is 18.8 Å². The maximum absolute atomic E-state index is 3.57. The Morgan fingerprint density at radius 1 is 1.06 bits per heavy atom. The molecule has 0 radical (unpaired) electrons. The monoisotopic (exact) mass is 364 g/mol. The molecule has 1 aliphatic carbocycles. The van der Waals surface area contributed by atoms with Crippen LogP contribution in [-0.4, -0.2) is 20.0 Å². The minimum atomic E-state index is 0.534. The third-order valence-electron chi connectivity index (χ3n) is 3.55. The van der Waals surface area contributed by atoms with Crippen molar-refractivity contribution in [2.75, 3.05) is 0 Å². The summed E-state index contributed by atoms with van der Waals surface area (Å²) < 4.78 is 2.54. The first-order valence-electron chi connectivity index (χ1n) is 6.13. The molecule has 0 aliphatic heterocycles. The van der Waals surface area contributed by atoms with Gasteiger partial charge in [-0.3, -0.25) is 0 Å². The molecule has 0 saturated heterocycles. The van der Waals surface area contributed by atoms with Gasteiger partial charge in [0.15, 0.2) is 0 Å². The van der Waals surface area contributed by atoms with Crippen LogP contribution in [0.4, 0.5) is 0 Å². The van der Waals surface area contributed by atoms with Crippen molar-refractivity contribution in [2.24, 2.45) is 0 Å². The fraction of sp³-hybridized carbons (Fsp3) is 0.188. The van der Waals surface area contributed by atoms with Gasteiger partial charge < -0.3 is 0 Å². The Morgan fingerprint density at radius 2 is 1.83 bits per heavy atom. The van der Waals surface area contributed by atoms with Crippen molar-refractivity contribution >= 4 is 35.9 Å². The maximum atomic E-state index is 3.57. The molecule has 1 unspecified atom stereocenters. The van der Waals surface area contributed by atoms with Crippen LogP contribution in [0.15, 0.2) is 53.0 Å². The molecule has 1 atom stereocenters. The summed E-state index contributed by atoms with van der Waals surface area (Å²) in [5.74, 6) is 0.534. The van der Waals surface area contributed by atoms with Gasteiger partial charge in [0, 0.05) is 0 Å². The molecule has 0 bridgehead atoms. The number of fused-ring (bicyclic) bond motifs is 1. The predicted molar refractivity (Wildman–Crippen MR) is 81.5 cm³/mol. The van der Waals surface area contributed by atoms with Gasteiger partial charge >= 0.3 is 124 Å². The standard InChI is InChI=1S/C16H13BrSe/c17-12-6-7-14-13(11-4-2-1-3-5-11)8-9-16(18)15(14)10-12/h1-7,10,13H,8-9H2. The Balaban J connectivity index is 2.11. The van der Waals surface area contributed by atoms with Crippen molar-refractivity contribution in [1.29, 1.82) is 0 Å². The van der Waals surface area contributed by atoms with Gasteiger partial charge in [0.1, 0.15) is 0 Å².